The van der Waals surface area contributed by atoms with Crippen molar-refractivity contribution in [2.45, 2.75) is 27.2 Å². The van der Waals surface area contributed by atoms with Crippen LogP contribution in [0.3, 0.4) is 0 Å². The second-order valence-corrected chi connectivity index (χ2v) is 3.23. The zero-order valence-corrected chi connectivity index (χ0v) is 9.41. The standard InChI is InChI=1S/C11H10O2.C2H6/c1-2-7-10(12)8-5-3-4-6-9(8)11(7)13;1-2/h3-7H,2H2,1H3;1-2H3. The minimum absolute atomic E-state index is 0.0110. The van der Waals surface area contributed by atoms with Crippen LogP contribution < -0.4 is 0 Å². The van der Waals surface area contributed by atoms with Gasteiger partial charge >= 0.3 is 0 Å². The van der Waals surface area contributed by atoms with Crippen molar-refractivity contribution in [2.75, 3.05) is 0 Å². The molecule has 0 saturated carbocycles. The number of ketones is 2. The molecular formula is C13H16O2. The highest BCUT2D eigenvalue weighted by atomic mass is 16.2. The van der Waals surface area contributed by atoms with E-state index < -0.39 is 5.92 Å². The monoisotopic (exact) mass is 204 g/mol. The number of hydrogen-bond acceptors (Lipinski definition) is 2. The first-order valence-corrected chi connectivity index (χ1v) is 5.43. The minimum atomic E-state index is -0.419. The largest absolute Gasteiger partial charge is 0.293 e. The van der Waals surface area contributed by atoms with Gasteiger partial charge in [-0.25, -0.2) is 0 Å². The lowest BCUT2D eigenvalue weighted by Gasteiger charge is -1.99. The van der Waals surface area contributed by atoms with Gasteiger partial charge in [-0.05, 0) is 6.42 Å². The van der Waals surface area contributed by atoms with Gasteiger partial charge in [0.15, 0.2) is 11.6 Å². The Balaban J connectivity index is 0.000000531. The van der Waals surface area contributed by atoms with Crippen LogP contribution in [0.4, 0.5) is 0 Å². The summed E-state index contributed by atoms with van der Waals surface area (Å²) in [5.74, 6) is -0.441. The van der Waals surface area contributed by atoms with Crippen molar-refractivity contribution in [3.8, 4) is 0 Å². The van der Waals surface area contributed by atoms with E-state index in [4.69, 9.17) is 0 Å². The van der Waals surface area contributed by atoms with Crippen LogP contribution >= 0.6 is 0 Å². The molecule has 0 saturated heterocycles. The topological polar surface area (TPSA) is 34.1 Å². The summed E-state index contributed by atoms with van der Waals surface area (Å²) >= 11 is 0. The molecule has 0 fully saturated rings. The third-order valence-corrected chi connectivity index (χ3v) is 2.50. The van der Waals surface area contributed by atoms with E-state index in [1.807, 2.05) is 20.8 Å². The Bertz CT molecular complexity index is 345. The van der Waals surface area contributed by atoms with Gasteiger partial charge in [0.05, 0.1) is 5.92 Å². The summed E-state index contributed by atoms with van der Waals surface area (Å²) in [6, 6.07) is 7.04. The second kappa shape index (κ2) is 4.87. The molecule has 0 atom stereocenters. The average Bonchev–Trinajstić information content (AvgIpc) is 2.55. The molecule has 1 aliphatic carbocycles. The van der Waals surface area contributed by atoms with Crippen LogP contribution in [-0.2, 0) is 0 Å². The molecule has 2 rings (SSSR count). The Morgan fingerprint density at radius 1 is 1.00 bits per heavy atom. The molecule has 0 N–H and O–H groups in total. The molecule has 0 spiro atoms. The van der Waals surface area contributed by atoms with Crippen LogP contribution in [0.1, 0.15) is 47.9 Å². The van der Waals surface area contributed by atoms with Gasteiger partial charge in [-0.15, -0.1) is 0 Å². The first-order valence-electron chi connectivity index (χ1n) is 5.43. The molecule has 1 aliphatic rings. The Labute approximate surface area is 90.3 Å². The maximum Gasteiger partial charge on any atom is 0.174 e. The van der Waals surface area contributed by atoms with Crippen molar-refractivity contribution >= 4 is 11.6 Å². The van der Waals surface area contributed by atoms with Crippen LogP contribution in [-0.4, -0.2) is 11.6 Å². The van der Waals surface area contributed by atoms with Gasteiger partial charge in [0.1, 0.15) is 0 Å². The fraction of sp³-hybridized carbons (Fsp3) is 0.385. The fourth-order valence-electron chi connectivity index (χ4n) is 1.78. The van der Waals surface area contributed by atoms with E-state index in [1.54, 1.807) is 24.3 Å². The van der Waals surface area contributed by atoms with Gasteiger partial charge in [-0.3, -0.25) is 9.59 Å². The van der Waals surface area contributed by atoms with E-state index in [0.717, 1.165) is 0 Å². The Hall–Kier alpha value is -1.44. The molecule has 1 aromatic carbocycles. The zero-order valence-electron chi connectivity index (χ0n) is 9.41. The highest BCUT2D eigenvalue weighted by Gasteiger charge is 2.36. The second-order valence-electron chi connectivity index (χ2n) is 3.23. The van der Waals surface area contributed by atoms with E-state index >= 15 is 0 Å². The summed E-state index contributed by atoms with van der Waals surface area (Å²) in [4.78, 5) is 23.2. The fourth-order valence-corrected chi connectivity index (χ4v) is 1.78. The third kappa shape index (κ3) is 1.84. The summed E-state index contributed by atoms with van der Waals surface area (Å²) in [7, 11) is 0. The van der Waals surface area contributed by atoms with Crippen LogP contribution in [0.2, 0.25) is 0 Å². The average molecular weight is 204 g/mol. The minimum Gasteiger partial charge on any atom is -0.293 e. The summed E-state index contributed by atoms with van der Waals surface area (Å²) in [5, 5.41) is 0. The molecule has 15 heavy (non-hydrogen) atoms. The number of carbonyl (C=O) groups is 2. The first kappa shape index (κ1) is 11.6. The molecule has 0 bridgehead atoms. The number of fused-ring (bicyclic) bond motifs is 1. The normalized spacial score (nSPS) is 14.6. The molecule has 1 aromatic rings. The molecule has 0 aliphatic heterocycles. The molecule has 2 nitrogen and oxygen atoms in total. The van der Waals surface area contributed by atoms with Gasteiger partial charge in [0, 0.05) is 11.1 Å². The van der Waals surface area contributed by atoms with E-state index in [-0.39, 0.29) is 11.6 Å². The first-order chi connectivity index (χ1) is 7.25. The number of hydrogen-bond donors (Lipinski definition) is 0. The number of carbonyl (C=O) groups excluding carboxylic acids is 2. The van der Waals surface area contributed by atoms with Gasteiger partial charge in [-0.2, -0.15) is 0 Å². The van der Waals surface area contributed by atoms with Crippen molar-refractivity contribution in [2.24, 2.45) is 5.92 Å². The quantitative estimate of drug-likeness (QED) is 0.659. The summed E-state index contributed by atoms with van der Waals surface area (Å²) in [5.41, 5.74) is 1.19. The lowest BCUT2D eigenvalue weighted by atomic mass is 10.0. The van der Waals surface area contributed by atoms with E-state index in [2.05, 4.69) is 0 Å². The summed E-state index contributed by atoms with van der Waals surface area (Å²) < 4.78 is 0. The number of Topliss-reactive ketones (excluding diaryl/α,β-unsaturated/α-hetero) is 2. The summed E-state index contributed by atoms with van der Waals surface area (Å²) in [6.45, 7) is 5.87. The van der Waals surface area contributed by atoms with Gasteiger partial charge in [0.2, 0.25) is 0 Å². The molecule has 0 aromatic heterocycles. The van der Waals surface area contributed by atoms with Crippen molar-refractivity contribution < 1.29 is 9.59 Å². The van der Waals surface area contributed by atoms with E-state index in [1.165, 1.54) is 0 Å². The Morgan fingerprint density at radius 2 is 1.40 bits per heavy atom. The van der Waals surface area contributed by atoms with E-state index in [0.29, 0.717) is 17.5 Å². The van der Waals surface area contributed by atoms with Gasteiger partial charge in [-0.1, -0.05) is 45.0 Å². The molecule has 0 heterocycles. The Kier molecular flexibility index (Phi) is 3.78. The number of rotatable bonds is 1. The Morgan fingerprint density at radius 3 is 1.73 bits per heavy atom. The predicted octanol–water partition coefficient (Wildman–Crippen LogP) is 3.12. The maximum atomic E-state index is 11.6. The van der Waals surface area contributed by atoms with Crippen LogP contribution in [0.15, 0.2) is 24.3 Å². The van der Waals surface area contributed by atoms with Gasteiger partial charge < -0.3 is 0 Å². The predicted molar refractivity (Wildman–Crippen MR) is 60.2 cm³/mol. The van der Waals surface area contributed by atoms with Crippen LogP contribution in [0.25, 0.3) is 0 Å². The van der Waals surface area contributed by atoms with Crippen molar-refractivity contribution in [1.29, 1.82) is 0 Å². The molecule has 0 radical (unpaired) electrons. The smallest absolute Gasteiger partial charge is 0.174 e. The number of benzene rings is 1. The molecule has 80 valence electrons. The van der Waals surface area contributed by atoms with E-state index in [9.17, 15) is 9.59 Å². The maximum absolute atomic E-state index is 11.6. The molecule has 0 amide bonds. The zero-order chi connectivity index (χ0) is 11.4. The highest BCUT2D eigenvalue weighted by molar-refractivity contribution is 6.26. The van der Waals surface area contributed by atoms with Crippen molar-refractivity contribution in [3.63, 3.8) is 0 Å². The van der Waals surface area contributed by atoms with Crippen molar-refractivity contribution in [3.05, 3.63) is 35.4 Å². The van der Waals surface area contributed by atoms with Crippen molar-refractivity contribution in [1.82, 2.24) is 0 Å². The molecular weight excluding hydrogens is 188 g/mol. The highest BCUT2D eigenvalue weighted by Crippen LogP contribution is 2.28. The lowest BCUT2D eigenvalue weighted by molar-refractivity contribution is 0.0835. The summed E-state index contributed by atoms with van der Waals surface area (Å²) in [6.07, 6.45) is 0.604. The SMILES string of the molecule is CC.CCC1C(=O)c2ccccc2C1=O. The van der Waals surface area contributed by atoms with Crippen LogP contribution in [0, 0.1) is 5.92 Å². The molecule has 0 unspecified atom stereocenters. The molecule has 2 heteroatoms. The third-order valence-electron chi connectivity index (χ3n) is 2.50. The lowest BCUT2D eigenvalue weighted by Crippen LogP contribution is -2.13. The van der Waals surface area contributed by atoms with Gasteiger partial charge in [0.25, 0.3) is 0 Å². The van der Waals surface area contributed by atoms with Crippen LogP contribution in [0.5, 0.6) is 0 Å².